The third-order valence-corrected chi connectivity index (χ3v) is 6.96. The molecule has 0 N–H and O–H groups in total. The number of rotatable bonds is 3. The summed E-state index contributed by atoms with van der Waals surface area (Å²) in [7, 11) is 1.32. The second-order valence-electron chi connectivity index (χ2n) is 6.25. The molecule has 0 saturated heterocycles. The molecule has 0 saturated carbocycles. The van der Waals surface area contributed by atoms with Crippen molar-refractivity contribution < 1.29 is 9.53 Å². The van der Waals surface area contributed by atoms with E-state index in [1.165, 1.54) is 29.8 Å². The van der Waals surface area contributed by atoms with Crippen molar-refractivity contribution in [2.24, 2.45) is 4.99 Å². The van der Waals surface area contributed by atoms with Crippen LogP contribution in [0.1, 0.15) is 23.4 Å². The first kappa shape index (κ1) is 20.1. The zero-order valence-corrected chi connectivity index (χ0v) is 18.5. The Morgan fingerprint density at radius 2 is 2.10 bits per heavy atom. The molecule has 1 aliphatic heterocycles. The molecule has 2 aromatic heterocycles. The lowest BCUT2D eigenvalue weighted by atomic mass is 10.0. The van der Waals surface area contributed by atoms with Gasteiger partial charge in [-0.1, -0.05) is 46.7 Å². The fourth-order valence-corrected chi connectivity index (χ4v) is 5.49. The fourth-order valence-electron chi connectivity index (χ4n) is 3.17. The number of nitrogens with zero attached hydrogens (tertiary/aromatic N) is 2. The normalized spacial score (nSPS) is 16.6. The van der Waals surface area contributed by atoms with Crippen molar-refractivity contribution in [3.63, 3.8) is 0 Å². The molecular weight excluding hydrogens is 451 g/mol. The second-order valence-corrected chi connectivity index (χ2v) is 9.09. The molecule has 0 aliphatic carbocycles. The van der Waals surface area contributed by atoms with Gasteiger partial charge in [-0.3, -0.25) is 9.36 Å². The van der Waals surface area contributed by atoms with Crippen molar-refractivity contribution in [3.8, 4) is 0 Å². The summed E-state index contributed by atoms with van der Waals surface area (Å²) in [4.78, 5) is 31.7. The molecule has 0 bridgehead atoms. The van der Waals surface area contributed by atoms with Crippen LogP contribution >= 0.6 is 45.9 Å². The number of thiophene rings is 1. The molecule has 29 heavy (non-hydrogen) atoms. The fraction of sp³-hybridized carbons (Fsp3) is 0.150. The molecule has 3 aromatic rings. The lowest BCUT2D eigenvalue weighted by Crippen LogP contribution is -2.39. The summed E-state index contributed by atoms with van der Waals surface area (Å²) >= 11 is 14.9. The van der Waals surface area contributed by atoms with Gasteiger partial charge in [-0.2, -0.15) is 0 Å². The number of hydrogen-bond donors (Lipinski definition) is 0. The lowest BCUT2D eigenvalue weighted by Gasteiger charge is -2.22. The van der Waals surface area contributed by atoms with E-state index in [1.54, 1.807) is 35.8 Å². The van der Waals surface area contributed by atoms with E-state index in [2.05, 4.69) is 4.99 Å². The number of ether oxygens (including phenoxy) is 1. The number of allylic oxidation sites excluding steroid dienone is 1. The van der Waals surface area contributed by atoms with E-state index in [4.69, 9.17) is 27.9 Å². The van der Waals surface area contributed by atoms with Gasteiger partial charge >= 0.3 is 5.97 Å². The van der Waals surface area contributed by atoms with Crippen LogP contribution in [-0.2, 0) is 9.53 Å². The first-order chi connectivity index (χ1) is 13.9. The van der Waals surface area contributed by atoms with Gasteiger partial charge < -0.3 is 4.74 Å². The predicted octanol–water partition coefficient (Wildman–Crippen LogP) is 3.78. The van der Waals surface area contributed by atoms with Crippen LogP contribution in [-0.4, -0.2) is 17.6 Å². The lowest BCUT2D eigenvalue weighted by molar-refractivity contribution is -0.136. The first-order valence-corrected chi connectivity index (χ1v) is 10.9. The number of benzene rings is 1. The minimum atomic E-state index is -0.582. The number of fused-ring (bicyclic) bond motifs is 1. The molecule has 1 atom stereocenters. The number of esters is 1. The highest BCUT2D eigenvalue weighted by atomic mass is 35.5. The summed E-state index contributed by atoms with van der Waals surface area (Å²) in [5.74, 6) is -0.500. The van der Waals surface area contributed by atoms with E-state index in [-0.39, 0.29) is 5.56 Å². The highest BCUT2D eigenvalue weighted by molar-refractivity contribution is 7.10. The zero-order valence-electron chi connectivity index (χ0n) is 15.3. The summed E-state index contributed by atoms with van der Waals surface area (Å²) < 4.78 is 6.98. The minimum Gasteiger partial charge on any atom is -0.466 e. The number of carbonyl (C=O) groups excluding carboxylic acids is 1. The van der Waals surface area contributed by atoms with Crippen molar-refractivity contribution in [1.82, 2.24) is 4.57 Å². The van der Waals surface area contributed by atoms with Crippen molar-refractivity contribution in [2.45, 2.75) is 13.0 Å². The number of hydrogen-bond acceptors (Lipinski definition) is 6. The van der Waals surface area contributed by atoms with Gasteiger partial charge in [-0.05, 0) is 42.1 Å². The Morgan fingerprint density at radius 3 is 2.76 bits per heavy atom. The van der Waals surface area contributed by atoms with E-state index in [0.717, 1.165) is 4.88 Å². The molecule has 9 heteroatoms. The predicted molar refractivity (Wildman–Crippen MR) is 117 cm³/mol. The standard InChI is InChI=1S/C20H14Cl2N2O3S2/c1-10-16(19(26)27-2)17(14-4-3-7-28-14)24-18(25)15(29-20(24)23-10)8-11-5-6-12(21)9-13(11)22/h3-9,17H,1-2H3/t17-/m1/s1. The molecule has 148 valence electrons. The maximum absolute atomic E-state index is 13.3. The topological polar surface area (TPSA) is 60.7 Å². The van der Waals surface area contributed by atoms with E-state index >= 15 is 0 Å². The Bertz CT molecular complexity index is 1320. The maximum atomic E-state index is 13.3. The quantitative estimate of drug-likeness (QED) is 0.554. The number of thiazole rings is 1. The van der Waals surface area contributed by atoms with E-state index in [1.807, 2.05) is 17.5 Å². The van der Waals surface area contributed by atoms with Crippen molar-refractivity contribution in [2.75, 3.05) is 7.11 Å². The summed E-state index contributed by atoms with van der Waals surface area (Å²) in [6, 6.07) is 8.29. The molecule has 3 heterocycles. The minimum absolute atomic E-state index is 0.243. The maximum Gasteiger partial charge on any atom is 0.338 e. The van der Waals surface area contributed by atoms with Crippen LogP contribution in [0.5, 0.6) is 0 Å². The Labute approximate surface area is 183 Å². The summed E-state index contributed by atoms with van der Waals surface area (Å²) in [5, 5.41) is 2.87. The second kappa shape index (κ2) is 7.91. The summed E-state index contributed by atoms with van der Waals surface area (Å²) in [6.07, 6.45) is 1.71. The van der Waals surface area contributed by atoms with Gasteiger partial charge in [0.15, 0.2) is 4.80 Å². The molecule has 0 amide bonds. The van der Waals surface area contributed by atoms with Crippen LogP contribution in [0.15, 0.2) is 56.8 Å². The molecule has 0 spiro atoms. The van der Waals surface area contributed by atoms with E-state index < -0.39 is 12.0 Å². The average Bonchev–Trinajstić information content (AvgIpc) is 3.31. The third kappa shape index (κ3) is 3.59. The van der Waals surface area contributed by atoms with Crippen LogP contribution < -0.4 is 14.9 Å². The van der Waals surface area contributed by atoms with Crippen LogP contribution in [0, 0.1) is 0 Å². The Balaban J connectivity index is 1.97. The van der Waals surface area contributed by atoms with Gasteiger partial charge in [-0.25, -0.2) is 9.79 Å². The highest BCUT2D eigenvalue weighted by Gasteiger charge is 2.33. The van der Waals surface area contributed by atoms with Crippen molar-refractivity contribution >= 4 is 57.9 Å². The van der Waals surface area contributed by atoms with Crippen LogP contribution in [0.3, 0.4) is 0 Å². The van der Waals surface area contributed by atoms with Gasteiger partial charge in [0.25, 0.3) is 5.56 Å². The first-order valence-electron chi connectivity index (χ1n) is 8.50. The van der Waals surface area contributed by atoms with E-state index in [9.17, 15) is 9.59 Å². The Morgan fingerprint density at radius 1 is 1.31 bits per heavy atom. The number of carbonyl (C=O) groups is 1. The average molecular weight is 465 g/mol. The molecule has 1 aromatic carbocycles. The van der Waals surface area contributed by atoms with Gasteiger partial charge in [0, 0.05) is 14.9 Å². The summed E-state index contributed by atoms with van der Waals surface area (Å²) in [5.41, 5.74) is 1.33. The number of methoxy groups -OCH3 is 1. The van der Waals surface area contributed by atoms with Gasteiger partial charge in [0.1, 0.15) is 6.04 Å². The van der Waals surface area contributed by atoms with Gasteiger partial charge in [0.05, 0.1) is 22.9 Å². The Hall–Kier alpha value is -2.19. The van der Waals surface area contributed by atoms with Crippen LogP contribution in [0.2, 0.25) is 10.0 Å². The molecule has 0 unspecified atom stereocenters. The molecular formula is C20H14Cl2N2O3S2. The molecule has 4 rings (SSSR count). The zero-order chi connectivity index (χ0) is 20.7. The smallest absolute Gasteiger partial charge is 0.338 e. The van der Waals surface area contributed by atoms with Gasteiger partial charge in [-0.15, -0.1) is 11.3 Å². The van der Waals surface area contributed by atoms with E-state index in [0.29, 0.717) is 36.2 Å². The SMILES string of the molecule is COC(=O)C1=C(C)N=c2sc(=Cc3ccc(Cl)cc3Cl)c(=O)n2[C@@H]1c1cccs1. The molecule has 1 aliphatic rings. The third-order valence-electron chi connectivity index (χ3n) is 4.49. The molecule has 0 fully saturated rings. The van der Waals surface area contributed by atoms with Gasteiger partial charge in [0.2, 0.25) is 0 Å². The number of halogens is 2. The van der Waals surface area contributed by atoms with Crippen molar-refractivity contribution in [1.29, 1.82) is 0 Å². The number of aromatic nitrogens is 1. The highest BCUT2D eigenvalue weighted by Crippen LogP contribution is 2.33. The van der Waals surface area contributed by atoms with Crippen LogP contribution in [0.25, 0.3) is 6.08 Å². The largest absolute Gasteiger partial charge is 0.466 e. The summed E-state index contributed by atoms with van der Waals surface area (Å²) in [6.45, 7) is 1.75. The molecule has 0 radical (unpaired) electrons. The monoisotopic (exact) mass is 464 g/mol. The molecule has 5 nitrogen and oxygen atoms in total. The van der Waals surface area contributed by atoms with Crippen LogP contribution in [0.4, 0.5) is 0 Å². The van der Waals surface area contributed by atoms with Crippen molar-refractivity contribution in [3.05, 3.63) is 87.2 Å². The Kier molecular flexibility index (Phi) is 5.48.